The van der Waals surface area contributed by atoms with Crippen LogP contribution in [0.25, 0.3) is 5.69 Å². The lowest BCUT2D eigenvalue weighted by atomic mass is 10.0. The van der Waals surface area contributed by atoms with E-state index >= 15 is 0 Å². The summed E-state index contributed by atoms with van der Waals surface area (Å²) in [6.45, 7) is 0.779. The van der Waals surface area contributed by atoms with Crippen LogP contribution in [0.2, 0.25) is 0 Å². The van der Waals surface area contributed by atoms with Gasteiger partial charge in [0.05, 0.1) is 5.69 Å². The van der Waals surface area contributed by atoms with Crippen molar-refractivity contribution in [3.63, 3.8) is 0 Å². The zero-order valence-electron chi connectivity index (χ0n) is 17.3. The van der Waals surface area contributed by atoms with Gasteiger partial charge in [0.2, 0.25) is 5.91 Å². The van der Waals surface area contributed by atoms with Crippen LogP contribution in [0, 0.1) is 11.7 Å². The van der Waals surface area contributed by atoms with Gasteiger partial charge in [0.25, 0.3) is 5.91 Å². The first-order chi connectivity index (χ1) is 15.2. The van der Waals surface area contributed by atoms with Crippen LogP contribution in [-0.2, 0) is 11.0 Å². The minimum atomic E-state index is -4.90. The molecule has 0 radical (unpaired) electrons. The van der Waals surface area contributed by atoms with Gasteiger partial charge in [-0.05, 0) is 43.0 Å². The van der Waals surface area contributed by atoms with Crippen LogP contribution in [0.15, 0.2) is 24.3 Å². The van der Waals surface area contributed by atoms with Crippen molar-refractivity contribution in [2.24, 2.45) is 5.92 Å². The van der Waals surface area contributed by atoms with Gasteiger partial charge in [-0.2, -0.15) is 13.2 Å². The molecule has 32 heavy (non-hydrogen) atoms. The predicted octanol–water partition coefficient (Wildman–Crippen LogP) is 3.29. The Hall–Kier alpha value is -2.98. The van der Waals surface area contributed by atoms with Crippen molar-refractivity contribution in [2.75, 3.05) is 26.2 Å². The predicted molar refractivity (Wildman–Crippen MR) is 105 cm³/mol. The van der Waals surface area contributed by atoms with Crippen molar-refractivity contribution in [3.05, 3.63) is 41.5 Å². The minimum Gasteiger partial charge on any atom is -0.339 e. The molecule has 2 aliphatic rings. The topological polar surface area (TPSA) is 71.3 Å². The average Bonchev–Trinajstić information content (AvgIpc) is 3.43. The SMILES string of the molecule is O=C(CC1CCCC1)N1CCN(C(=O)c2nnn(-c3ccc(F)cc3)c2C(F)(F)F)CC1. The highest BCUT2D eigenvalue weighted by Gasteiger charge is 2.43. The van der Waals surface area contributed by atoms with Gasteiger partial charge >= 0.3 is 6.18 Å². The van der Waals surface area contributed by atoms with Crippen molar-refractivity contribution in [2.45, 2.75) is 38.3 Å². The third kappa shape index (κ3) is 4.61. The standard InChI is InChI=1S/C21H23F4N5O2/c22-15-5-7-16(8-6-15)30-19(21(23,24)25)18(26-27-30)20(32)29-11-9-28(10-12-29)17(31)13-14-3-1-2-4-14/h5-8,14H,1-4,9-13H2. The van der Waals surface area contributed by atoms with Gasteiger partial charge in [-0.25, -0.2) is 9.07 Å². The molecule has 2 heterocycles. The molecular formula is C21H23F4N5O2. The second-order valence-electron chi connectivity index (χ2n) is 8.20. The van der Waals surface area contributed by atoms with E-state index in [2.05, 4.69) is 10.3 Å². The Balaban J connectivity index is 1.47. The zero-order valence-corrected chi connectivity index (χ0v) is 17.3. The van der Waals surface area contributed by atoms with Gasteiger partial charge in [0, 0.05) is 32.6 Å². The fraction of sp³-hybridized carbons (Fsp3) is 0.524. The summed E-state index contributed by atoms with van der Waals surface area (Å²) in [7, 11) is 0. The second-order valence-corrected chi connectivity index (χ2v) is 8.20. The average molecular weight is 453 g/mol. The van der Waals surface area contributed by atoms with E-state index in [1.54, 1.807) is 4.90 Å². The van der Waals surface area contributed by atoms with Crippen LogP contribution in [0.3, 0.4) is 0 Å². The second kappa shape index (κ2) is 8.87. The van der Waals surface area contributed by atoms with Crippen molar-refractivity contribution < 1.29 is 27.2 Å². The third-order valence-corrected chi connectivity index (χ3v) is 6.07. The van der Waals surface area contributed by atoms with Gasteiger partial charge < -0.3 is 9.80 Å². The van der Waals surface area contributed by atoms with Gasteiger partial charge in [-0.15, -0.1) is 5.10 Å². The molecule has 1 saturated carbocycles. The largest absolute Gasteiger partial charge is 0.435 e. The highest BCUT2D eigenvalue weighted by Crippen LogP contribution is 2.33. The lowest BCUT2D eigenvalue weighted by Gasteiger charge is -2.35. The van der Waals surface area contributed by atoms with Crippen LogP contribution in [-0.4, -0.2) is 62.8 Å². The molecule has 0 unspecified atom stereocenters. The summed E-state index contributed by atoms with van der Waals surface area (Å²) in [5.41, 5.74) is -2.19. The maximum Gasteiger partial charge on any atom is 0.435 e. The van der Waals surface area contributed by atoms with Crippen molar-refractivity contribution >= 4 is 11.8 Å². The summed E-state index contributed by atoms with van der Waals surface area (Å²) in [5.74, 6) is -1.08. The summed E-state index contributed by atoms with van der Waals surface area (Å²) in [6.07, 6.45) is -0.0386. The number of benzene rings is 1. The number of piperazine rings is 1. The van der Waals surface area contributed by atoms with Crippen LogP contribution < -0.4 is 0 Å². The normalized spacial score (nSPS) is 17.8. The molecule has 2 fully saturated rings. The molecule has 1 aliphatic heterocycles. The number of hydrogen-bond acceptors (Lipinski definition) is 4. The summed E-state index contributed by atoms with van der Waals surface area (Å²) >= 11 is 0. The molecule has 0 bridgehead atoms. The van der Waals surface area contributed by atoms with E-state index in [0.29, 0.717) is 17.0 Å². The third-order valence-electron chi connectivity index (χ3n) is 6.07. The molecule has 0 spiro atoms. The molecule has 2 amide bonds. The summed E-state index contributed by atoms with van der Waals surface area (Å²) in [4.78, 5) is 28.3. The molecule has 0 N–H and O–H groups in total. The zero-order chi connectivity index (χ0) is 22.9. The van der Waals surface area contributed by atoms with E-state index in [4.69, 9.17) is 0 Å². The monoisotopic (exact) mass is 453 g/mol. The highest BCUT2D eigenvalue weighted by atomic mass is 19.4. The first-order valence-electron chi connectivity index (χ1n) is 10.6. The van der Waals surface area contributed by atoms with Crippen molar-refractivity contribution in [3.8, 4) is 5.69 Å². The molecule has 4 rings (SSSR count). The van der Waals surface area contributed by atoms with Crippen LogP contribution in [0.4, 0.5) is 17.6 Å². The first kappa shape index (κ1) is 22.2. The first-order valence-corrected chi connectivity index (χ1v) is 10.6. The van der Waals surface area contributed by atoms with E-state index in [1.165, 1.54) is 4.90 Å². The van der Waals surface area contributed by atoms with Crippen molar-refractivity contribution in [1.82, 2.24) is 24.8 Å². The number of halogens is 4. The Kier molecular flexibility index (Phi) is 6.16. The van der Waals surface area contributed by atoms with Gasteiger partial charge in [0.1, 0.15) is 5.82 Å². The van der Waals surface area contributed by atoms with E-state index in [1.807, 2.05) is 0 Å². The maximum atomic E-state index is 13.8. The maximum absolute atomic E-state index is 13.8. The molecule has 0 atom stereocenters. The molecule has 2 aromatic rings. The minimum absolute atomic E-state index is 0.0298. The summed E-state index contributed by atoms with van der Waals surface area (Å²) < 4.78 is 55.0. The number of carbonyl (C=O) groups is 2. The highest BCUT2D eigenvalue weighted by molar-refractivity contribution is 5.94. The molecule has 7 nitrogen and oxygen atoms in total. The number of carbonyl (C=O) groups excluding carboxylic acids is 2. The number of aromatic nitrogens is 3. The van der Waals surface area contributed by atoms with E-state index in [0.717, 1.165) is 49.9 Å². The Labute approximate surface area is 182 Å². The molecule has 1 aliphatic carbocycles. The number of amides is 2. The number of rotatable bonds is 4. The Morgan fingerprint density at radius 1 is 0.969 bits per heavy atom. The fourth-order valence-electron chi connectivity index (χ4n) is 4.34. The van der Waals surface area contributed by atoms with Gasteiger partial charge in [-0.1, -0.05) is 18.1 Å². The lowest BCUT2D eigenvalue weighted by molar-refractivity contribution is -0.143. The Bertz CT molecular complexity index is 975. The molecule has 172 valence electrons. The van der Waals surface area contributed by atoms with Gasteiger partial charge in [0.15, 0.2) is 11.4 Å². The fourth-order valence-corrected chi connectivity index (χ4v) is 4.34. The lowest BCUT2D eigenvalue weighted by Crippen LogP contribution is -2.51. The Morgan fingerprint density at radius 2 is 1.56 bits per heavy atom. The molecule has 11 heteroatoms. The molecule has 1 saturated heterocycles. The van der Waals surface area contributed by atoms with E-state index in [9.17, 15) is 27.2 Å². The number of hydrogen-bond donors (Lipinski definition) is 0. The van der Waals surface area contributed by atoms with Crippen molar-refractivity contribution in [1.29, 1.82) is 0 Å². The summed E-state index contributed by atoms with van der Waals surface area (Å²) in [6, 6.07) is 4.26. The smallest absolute Gasteiger partial charge is 0.339 e. The van der Waals surface area contributed by atoms with E-state index in [-0.39, 0.29) is 37.8 Å². The van der Waals surface area contributed by atoms with Crippen LogP contribution >= 0.6 is 0 Å². The Morgan fingerprint density at radius 3 is 2.16 bits per heavy atom. The van der Waals surface area contributed by atoms with Gasteiger partial charge in [-0.3, -0.25) is 9.59 Å². The van der Waals surface area contributed by atoms with E-state index < -0.39 is 29.3 Å². The molecular weight excluding hydrogens is 430 g/mol. The number of nitrogens with zero attached hydrogens (tertiary/aromatic N) is 5. The van der Waals surface area contributed by atoms with Crippen LogP contribution in [0.5, 0.6) is 0 Å². The van der Waals surface area contributed by atoms with Crippen LogP contribution in [0.1, 0.15) is 48.3 Å². The quantitative estimate of drug-likeness (QED) is 0.667. The summed E-state index contributed by atoms with van der Waals surface area (Å²) in [5, 5.41) is 7.02. The number of alkyl halides is 3. The molecule has 1 aromatic carbocycles. The molecule has 1 aromatic heterocycles.